The van der Waals surface area contributed by atoms with E-state index in [0.717, 1.165) is 34.9 Å². The van der Waals surface area contributed by atoms with Crippen molar-refractivity contribution in [3.63, 3.8) is 0 Å². The number of aryl methyl sites for hydroxylation is 1. The van der Waals surface area contributed by atoms with Crippen molar-refractivity contribution in [1.29, 1.82) is 0 Å². The molecule has 0 radical (unpaired) electrons. The van der Waals surface area contributed by atoms with Crippen molar-refractivity contribution in [2.75, 3.05) is 34.4 Å². The molecule has 1 N–H and O–H groups in total. The molecule has 0 aliphatic carbocycles. The van der Waals surface area contributed by atoms with Gasteiger partial charge in [0.05, 0.1) is 18.1 Å². The highest BCUT2D eigenvalue weighted by atomic mass is 32.2. The molecule has 0 spiro atoms. The highest BCUT2D eigenvalue weighted by Crippen LogP contribution is 2.29. The van der Waals surface area contributed by atoms with E-state index >= 15 is 0 Å². The van der Waals surface area contributed by atoms with Gasteiger partial charge in [-0.3, -0.25) is 4.79 Å². The van der Waals surface area contributed by atoms with Crippen molar-refractivity contribution in [3.8, 4) is 11.5 Å². The van der Waals surface area contributed by atoms with E-state index < -0.39 is 10.0 Å². The van der Waals surface area contributed by atoms with Crippen molar-refractivity contribution in [1.82, 2.24) is 9.62 Å². The predicted molar refractivity (Wildman–Crippen MR) is 125 cm³/mol. The van der Waals surface area contributed by atoms with Crippen LogP contribution in [-0.2, 0) is 21.3 Å². The van der Waals surface area contributed by atoms with Crippen LogP contribution >= 0.6 is 0 Å². The van der Waals surface area contributed by atoms with Crippen LogP contribution in [0.1, 0.15) is 39.9 Å². The molecule has 0 aromatic heterocycles. The summed E-state index contributed by atoms with van der Waals surface area (Å²) in [5, 5.41) is 2.85. The van der Waals surface area contributed by atoms with Crippen molar-refractivity contribution in [3.05, 3.63) is 52.6 Å². The van der Waals surface area contributed by atoms with Gasteiger partial charge in [-0.2, -0.15) is 0 Å². The molecule has 0 bridgehead atoms. The standard InChI is InChI=1S/C24H32N2O6S/c1-16-11-19(13-23(17(16)2)33(28,29)26(3)4)24(27)25-14-18-8-9-21(22(12-18)30-5)32-15-20-7-6-10-31-20/h8-9,11-13,20H,6-7,10,14-15H2,1-5H3,(H,25,27). The molecule has 1 amide bonds. The number of carbonyl (C=O) groups excluding carboxylic acids is 1. The molecule has 2 aromatic rings. The maximum absolute atomic E-state index is 12.8. The molecule has 1 aliphatic heterocycles. The van der Waals surface area contributed by atoms with E-state index in [-0.39, 0.29) is 23.5 Å². The highest BCUT2D eigenvalue weighted by molar-refractivity contribution is 7.89. The van der Waals surface area contributed by atoms with Gasteiger partial charge in [0.15, 0.2) is 11.5 Å². The number of sulfonamides is 1. The zero-order valence-corrected chi connectivity index (χ0v) is 20.6. The van der Waals surface area contributed by atoms with E-state index in [9.17, 15) is 13.2 Å². The normalized spacial score (nSPS) is 16.1. The first-order valence-corrected chi connectivity index (χ1v) is 12.3. The molecule has 1 saturated heterocycles. The lowest BCUT2D eigenvalue weighted by Crippen LogP contribution is -2.26. The van der Waals surface area contributed by atoms with Crippen molar-refractivity contribution in [2.45, 2.75) is 44.2 Å². The number of hydrogen-bond donors (Lipinski definition) is 1. The van der Waals surface area contributed by atoms with Gasteiger partial charge in [-0.25, -0.2) is 12.7 Å². The summed E-state index contributed by atoms with van der Waals surface area (Å²) in [5.41, 5.74) is 2.48. The van der Waals surface area contributed by atoms with Crippen LogP contribution in [0.15, 0.2) is 35.2 Å². The van der Waals surface area contributed by atoms with E-state index in [1.165, 1.54) is 20.2 Å². The Morgan fingerprint density at radius 1 is 1.18 bits per heavy atom. The molecule has 1 aliphatic rings. The fraction of sp³-hybridized carbons (Fsp3) is 0.458. The molecule has 180 valence electrons. The average Bonchev–Trinajstić information content (AvgIpc) is 3.31. The molecule has 1 unspecified atom stereocenters. The first-order chi connectivity index (χ1) is 15.6. The van der Waals surface area contributed by atoms with Crippen LogP contribution in [0, 0.1) is 13.8 Å². The van der Waals surface area contributed by atoms with Gasteiger partial charge < -0.3 is 19.5 Å². The van der Waals surface area contributed by atoms with E-state index in [2.05, 4.69) is 5.32 Å². The summed E-state index contributed by atoms with van der Waals surface area (Å²) < 4.78 is 43.3. The fourth-order valence-corrected chi connectivity index (χ4v) is 4.82. The lowest BCUT2D eigenvalue weighted by Gasteiger charge is -2.17. The Morgan fingerprint density at radius 2 is 1.94 bits per heavy atom. The van der Waals surface area contributed by atoms with Crippen LogP contribution in [0.25, 0.3) is 0 Å². The van der Waals surface area contributed by atoms with Crippen LogP contribution in [0.4, 0.5) is 0 Å². The van der Waals surface area contributed by atoms with E-state index in [4.69, 9.17) is 14.2 Å². The van der Waals surface area contributed by atoms with Gasteiger partial charge >= 0.3 is 0 Å². The Morgan fingerprint density at radius 3 is 2.58 bits per heavy atom. The van der Waals surface area contributed by atoms with Crippen molar-refractivity contribution >= 4 is 15.9 Å². The number of carbonyl (C=O) groups is 1. The molecule has 1 heterocycles. The minimum atomic E-state index is -3.66. The first-order valence-electron chi connectivity index (χ1n) is 10.9. The number of nitrogens with zero attached hydrogens (tertiary/aromatic N) is 1. The van der Waals surface area contributed by atoms with Gasteiger partial charge in [-0.05, 0) is 67.6 Å². The smallest absolute Gasteiger partial charge is 0.251 e. The Bertz CT molecular complexity index is 1110. The lowest BCUT2D eigenvalue weighted by atomic mass is 10.1. The third-order valence-electron chi connectivity index (χ3n) is 5.77. The summed E-state index contributed by atoms with van der Waals surface area (Å²) in [4.78, 5) is 12.9. The Hall–Kier alpha value is -2.62. The van der Waals surface area contributed by atoms with Gasteiger partial charge in [0, 0.05) is 32.8 Å². The van der Waals surface area contributed by atoms with Crippen molar-refractivity contribution < 1.29 is 27.4 Å². The maximum Gasteiger partial charge on any atom is 0.251 e. The topological polar surface area (TPSA) is 94.2 Å². The fourth-order valence-electron chi connectivity index (χ4n) is 3.61. The number of rotatable bonds is 9. The zero-order chi connectivity index (χ0) is 24.2. The van der Waals surface area contributed by atoms with Crippen LogP contribution in [0.3, 0.4) is 0 Å². The summed E-state index contributed by atoms with van der Waals surface area (Å²) in [6.45, 7) is 5.03. The second-order valence-electron chi connectivity index (χ2n) is 8.32. The molecule has 8 nitrogen and oxygen atoms in total. The zero-order valence-electron chi connectivity index (χ0n) is 19.8. The number of benzene rings is 2. The second-order valence-corrected chi connectivity index (χ2v) is 10.4. The van der Waals surface area contributed by atoms with Crippen molar-refractivity contribution in [2.24, 2.45) is 0 Å². The van der Waals surface area contributed by atoms with E-state index in [0.29, 0.717) is 29.2 Å². The van der Waals surface area contributed by atoms with E-state index in [1.807, 2.05) is 18.2 Å². The quantitative estimate of drug-likeness (QED) is 0.598. The summed E-state index contributed by atoms with van der Waals surface area (Å²) in [6, 6.07) is 8.61. The van der Waals surface area contributed by atoms with Crippen LogP contribution in [0.2, 0.25) is 0 Å². The molecule has 1 atom stereocenters. The van der Waals surface area contributed by atoms with Gasteiger partial charge in [-0.1, -0.05) is 6.07 Å². The Balaban J connectivity index is 1.71. The third kappa shape index (κ3) is 5.85. The van der Waals surface area contributed by atoms with Gasteiger partial charge in [0.25, 0.3) is 5.91 Å². The minimum absolute atomic E-state index is 0.104. The van der Waals surface area contributed by atoms with Gasteiger partial charge in [0.1, 0.15) is 6.61 Å². The number of nitrogens with one attached hydrogen (secondary N) is 1. The van der Waals surface area contributed by atoms with Crippen LogP contribution in [-0.4, -0.2) is 59.2 Å². The lowest BCUT2D eigenvalue weighted by molar-refractivity contribution is 0.0669. The summed E-state index contributed by atoms with van der Waals surface area (Å²) >= 11 is 0. The summed E-state index contributed by atoms with van der Waals surface area (Å²) in [5.74, 6) is 0.840. The largest absolute Gasteiger partial charge is 0.493 e. The first kappa shape index (κ1) is 25.0. The number of hydrogen-bond acceptors (Lipinski definition) is 6. The Kier molecular flexibility index (Phi) is 7.99. The molecule has 1 fully saturated rings. The molecular formula is C24H32N2O6S. The number of methoxy groups -OCH3 is 1. The van der Waals surface area contributed by atoms with E-state index in [1.54, 1.807) is 27.0 Å². The molecule has 33 heavy (non-hydrogen) atoms. The highest BCUT2D eigenvalue weighted by Gasteiger charge is 2.23. The molecule has 9 heteroatoms. The monoisotopic (exact) mass is 476 g/mol. The number of ether oxygens (including phenoxy) is 3. The van der Waals surface area contributed by atoms with Gasteiger partial charge in [0.2, 0.25) is 10.0 Å². The maximum atomic E-state index is 12.8. The second kappa shape index (κ2) is 10.5. The summed E-state index contributed by atoms with van der Waals surface area (Å²) in [6.07, 6.45) is 2.14. The predicted octanol–water partition coefficient (Wildman–Crippen LogP) is 3.05. The molecule has 0 saturated carbocycles. The SMILES string of the molecule is COc1cc(CNC(=O)c2cc(C)c(C)c(S(=O)(=O)N(C)C)c2)ccc1OCC1CCCO1. The summed E-state index contributed by atoms with van der Waals surface area (Å²) in [7, 11) is 0.844. The molecule has 2 aromatic carbocycles. The average molecular weight is 477 g/mol. The molecular weight excluding hydrogens is 444 g/mol. The molecule has 3 rings (SSSR count). The Labute approximate surface area is 195 Å². The number of amides is 1. The minimum Gasteiger partial charge on any atom is -0.493 e. The third-order valence-corrected chi connectivity index (χ3v) is 7.71. The van der Waals surface area contributed by atoms with Crippen LogP contribution < -0.4 is 14.8 Å². The van der Waals surface area contributed by atoms with Crippen LogP contribution in [0.5, 0.6) is 11.5 Å². The van der Waals surface area contributed by atoms with Gasteiger partial charge in [-0.15, -0.1) is 0 Å².